The molecule has 0 amide bonds. The molecule has 0 atom stereocenters. The maximum atomic E-state index is 13.0. The number of hydrogen-bond acceptors (Lipinski definition) is 4. The first-order chi connectivity index (χ1) is 10.8. The van der Waals surface area contributed by atoms with E-state index in [1.807, 2.05) is 19.9 Å². The highest BCUT2D eigenvalue weighted by Gasteiger charge is 2.10. The SMILES string of the molecule is C/C=C(/Nc1ccc(F)cc1)Nc1c(C)n(C)c(=O)n(C)c1=S. The van der Waals surface area contributed by atoms with Gasteiger partial charge in [0.05, 0.1) is 5.69 Å². The van der Waals surface area contributed by atoms with E-state index < -0.39 is 0 Å². The zero-order valence-corrected chi connectivity index (χ0v) is 14.3. The number of benzene rings is 1. The third kappa shape index (κ3) is 3.50. The summed E-state index contributed by atoms with van der Waals surface area (Å²) in [6.45, 7) is 3.68. The van der Waals surface area contributed by atoms with Crippen LogP contribution in [0.4, 0.5) is 15.8 Å². The van der Waals surface area contributed by atoms with Crippen LogP contribution < -0.4 is 16.3 Å². The zero-order chi connectivity index (χ0) is 17.1. The monoisotopic (exact) mass is 334 g/mol. The minimum atomic E-state index is -0.292. The van der Waals surface area contributed by atoms with E-state index in [-0.39, 0.29) is 11.5 Å². The summed E-state index contributed by atoms with van der Waals surface area (Å²) < 4.78 is 16.3. The maximum Gasteiger partial charge on any atom is 0.328 e. The molecule has 1 aromatic heterocycles. The van der Waals surface area contributed by atoms with Crippen molar-refractivity contribution in [1.29, 1.82) is 0 Å². The fourth-order valence-corrected chi connectivity index (χ4v) is 2.37. The van der Waals surface area contributed by atoms with Gasteiger partial charge in [-0.25, -0.2) is 9.18 Å². The van der Waals surface area contributed by atoms with Crippen LogP contribution in [0, 0.1) is 17.4 Å². The second-order valence-electron chi connectivity index (χ2n) is 5.13. The van der Waals surface area contributed by atoms with Gasteiger partial charge in [0.2, 0.25) is 0 Å². The van der Waals surface area contributed by atoms with Gasteiger partial charge < -0.3 is 10.6 Å². The lowest BCUT2D eigenvalue weighted by atomic mass is 10.3. The fraction of sp³-hybridized carbons (Fsp3) is 0.250. The van der Waals surface area contributed by atoms with E-state index >= 15 is 0 Å². The molecule has 23 heavy (non-hydrogen) atoms. The van der Waals surface area contributed by atoms with Crippen LogP contribution in [0.2, 0.25) is 0 Å². The summed E-state index contributed by atoms with van der Waals surface area (Å²) in [6, 6.07) is 6.04. The van der Waals surface area contributed by atoms with Crippen LogP contribution in [-0.4, -0.2) is 9.13 Å². The average Bonchev–Trinajstić information content (AvgIpc) is 2.56. The van der Waals surface area contributed by atoms with E-state index in [2.05, 4.69) is 10.6 Å². The lowest BCUT2D eigenvalue weighted by Gasteiger charge is -2.18. The number of anilines is 2. The van der Waals surface area contributed by atoms with Gasteiger partial charge in [0.1, 0.15) is 16.3 Å². The highest BCUT2D eigenvalue weighted by Crippen LogP contribution is 2.18. The minimum absolute atomic E-state index is 0.174. The molecule has 7 heteroatoms. The van der Waals surface area contributed by atoms with Gasteiger partial charge in [-0.1, -0.05) is 12.2 Å². The van der Waals surface area contributed by atoms with Gasteiger partial charge in [-0.2, -0.15) is 0 Å². The molecule has 0 saturated heterocycles. The van der Waals surface area contributed by atoms with Crippen molar-refractivity contribution in [2.45, 2.75) is 13.8 Å². The normalized spacial score (nSPS) is 11.4. The molecule has 0 spiro atoms. The van der Waals surface area contributed by atoms with Crippen LogP contribution in [0.15, 0.2) is 41.0 Å². The number of aromatic nitrogens is 2. The smallest absolute Gasteiger partial charge is 0.328 e. The molecule has 1 heterocycles. The average molecular weight is 334 g/mol. The van der Waals surface area contributed by atoms with Gasteiger partial charge in [-0.3, -0.25) is 9.13 Å². The van der Waals surface area contributed by atoms with Gasteiger partial charge in [-0.05, 0) is 44.2 Å². The van der Waals surface area contributed by atoms with Crippen molar-refractivity contribution in [3.05, 3.63) is 62.8 Å². The highest BCUT2D eigenvalue weighted by atomic mass is 32.1. The number of nitrogens with one attached hydrogen (secondary N) is 2. The van der Waals surface area contributed by atoms with E-state index in [1.165, 1.54) is 21.3 Å². The van der Waals surface area contributed by atoms with Gasteiger partial charge >= 0.3 is 5.69 Å². The highest BCUT2D eigenvalue weighted by molar-refractivity contribution is 7.71. The molecule has 0 unspecified atom stereocenters. The number of hydrogen-bond donors (Lipinski definition) is 2. The number of allylic oxidation sites excluding steroid dienone is 1. The van der Waals surface area contributed by atoms with Crippen LogP contribution in [0.1, 0.15) is 12.6 Å². The quantitative estimate of drug-likeness (QED) is 0.843. The molecular formula is C16H19FN4OS. The molecule has 0 fully saturated rings. The molecule has 2 N–H and O–H groups in total. The number of nitrogens with zero attached hydrogens (tertiary/aromatic N) is 2. The predicted molar refractivity (Wildman–Crippen MR) is 93.6 cm³/mol. The topological polar surface area (TPSA) is 51.0 Å². The first-order valence-electron chi connectivity index (χ1n) is 7.07. The summed E-state index contributed by atoms with van der Waals surface area (Å²) in [5, 5.41) is 6.36. The second kappa shape index (κ2) is 6.78. The molecule has 1 aromatic carbocycles. The first kappa shape index (κ1) is 17.0. The summed E-state index contributed by atoms with van der Waals surface area (Å²) in [6.07, 6.45) is 1.84. The Hall–Kier alpha value is -2.41. The van der Waals surface area contributed by atoms with Crippen molar-refractivity contribution in [3.63, 3.8) is 0 Å². The van der Waals surface area contributed by atoms with E-state index in [0.717, 1.165) is 11.4 Å². The molecule has 2 aromatic rings. The molecule has 0 aliphatic carbocycles. The molecule has 0 bridgehead atoms. The Labute approximate surface area is 139 Å². The Morgan fingerprint density at radius 2 is 1.78 bits per heavy atom. The zero-order valence-electron chi connectivity index (χ0n) is 13.5. The summed E-state index contributed by atoms with van der Waals surface area (Å²) in [5.74, 6) is 0.392. The van der Waals surface area contributed by atoms with Crippen LogP contribution in [-0.2, 0) is 14.1 Å². The second-order valence-corrected chi connectivity index (χ2v) is 5.51. The molecule has 0 saturated carbocycles. The fourth-order valence-electron chi connectivity index (χ4n) is 2.09. The van der Waals surface area contributed by atoms with Crippen LogP contribution in [0.3, 0.4) is 0 Å². The molecule has 0 radical (unpaired) electrons. The van der Waals surface area contributed by atoms with Crippen molar-refractivity contribution in [3.8, 4) is 0 Å². The van der Waals surface area contributed by atoms with Crippen molar-refractivity contribution in [2.75, 3.05) is 10.6 Å². The van der Waals surface area contributed by atoms with Gasteiger partial charge in [0.25, 0.3) is 0 Å². The largest absolute Gasteiger partial charge is 0.342 e. The molecule has 0 aliphatic heterocycles. The standard InChI is InChI=1S/C16H19FN4OS/c1-5-13(18-12-8-6-11(17)7-9-12)19-14-10(2)20(3)16(22)21(4)15(14)23/h5-9,18-19H,1-4H3/b13-5-. The minimum Gasteiger partial charge on any atom is -0.342 e. The van der Waals surface area contributed by atoms with Crippen molar-refractivity contribution >= 4 is 23.6 Å². The Morgan fingerprint density at radius 1 is 1.17 bits per heavy atom. The first-order valence-corrected chi connectivity index (χ1v) is 7.48. The van der Waals surface area contributed by atoms with E-state index in [1.54, 1.807) is 26.2 Å². The third-order valence-electron chi connectivity index (χ3n) is 3.63. The predicted octanol–water partition coefficient (Wildman–Crippen LogP) is 3.29. The van der Waals surface area contributed by atoms with E-state index in [0.29, 0.717) is 16.1 Å². The van der Waals surface area contributed by atoms with Crippen molar-refractivity contribution in [1.82, 2.24) is 9.13 Å². The summed E-state index contributed by atoms with van der Waals surface area (Å²) in [4.78, 5) is 12.0. The molecular weight excluding hydrogens is 315 g/mol. The molecule has 0 aliphatic rings. The van der Waals surface area contributed by atoms with E-state index in [9.17, 15) is 9.18 Å². The maximum absolute atomic E-state index is 13.0. The van der Waals surface area contributed by atoms with Crippen LogP contribution in [0.25, 0.3) is 0 Å². The molecule has 5 nitrogen and oxygen atoms in total. The summed E-state index contributed by atoms with van der Waals surface area (Å²) in [7, 11) is 3.33. The van der Waals surface area contributed by atoms with E-state index in [4.69, 9.17) is 12.2 Å². The Bertz CT molecular complexity index is 865. The van der Waals surface area contributed by atoms with Gasteiger partial charge in [-0.15, -0.1) is 0 Å². The number of halogens is 1. The lowest BCUT2D eigenvalue weighted by molar-refractivity contribution is 0.628. The van der Waals surface area contributed by atoms with Crippen LogP contribution >= 0.6 is 12.2 Å². The molecule has 2 rings (SSSR count). The lowest BCUT2D eigenvalue weighted by Crippen LogP contribution is -2.30. The van der Waals surface area contributed by atoms with Crippen molar-refractivity contribution in [2.24, 2.45) is 14.1 Å². The Morgan fingerprint density at radius 3 is 2.35 bits per heavy atom. The van der Waals surface area contributed by atoms with Crippen LogP contribution in [0.5, 0.6) is 0 Å². The van der Waals surface area contributed by atoms with Crippen molar-refractivity contribution < 1.29 is 4.39 Å². The Kier molecular flexibility index (Phi) is 5.00. The molecule has 122 valence electrons. The van der Waals surface area contributed by atoms with Gasteiger partial charge in [0, 0.05) is 25.5 Å². The Balaban J connectivity index is 2.35. The summed E-state index contributed by atoms with van der Waals surface area (Å²) >= 11 is 5.36. The summed E-state index contributed by atoms with van der Waals surface area (Å²) in [5.41, 5.74) is 1.97. The van der Waals surface area contributed by atoms with Gasteiger partial charge in [0.15, 0.2) is 0 Å². The third-order valence-corrected chi connectivity index (χ3v) is 4.11. The number of rotatable bonds is 4.